The van der Waals surface area contributed by atoms with E-state index in [1.807, 2.05) is 18.2 Å². The number of nitrogens with zero attached hydrogens (tertiary/aromatic N) is 1. The van der Waals surface area contributed by atoms with Crippen LogP contribution >= 0.6 is 0 Å². The fraction of sp³-hybridized carbons (Fsp3) is 0.471. The Morgan fingerprint density at radius 2 is 1.48 bits per heavy atom. The average Bonchev–Trinajstić information content (AvgIpc) is 2.87. The van der Waals surface area contributed by atoms with Crippen molar-refractivity contribution in [1.29, 1.82) is 0 Å². The largest absolute Gasteiger partial charge is 0.493 e. The summed E-state index contributed by atoms with van der Waals surface area (Å²) < 4.78 is 25.9. The summed E-state index contributed by atoms with van der Waals surface area (Å²) >= 11 is 0. The number of halogens is 1. The van der Waals surface area contributed by atoms with Gasteiger partial charge in [0.25, 0.3) is 0 Å². The predicted octanol–water partition coefficient (Wildman–Crippen LogP) is 7.51. The fourth-order valence-electron chi connectivity index (χ4n) is 6.63. The van der Waals surface area contributed by atoms with Gasteiger partial charge in [-0.25, -0.2) is 4.39 Å². The molecule has 40 heavy (non-hydrogen) atoms. The van der Waals surface area contributed by atoms with E-state index in [2.05, 4.69) is 39.5 Å². The zero-order valence-electron chi connectivity index (χ0n) is 24.5. The van der Waals surface area contributed by atoms with Crippen molar-refractivity contribution < 1.29 is 23.5 Å². The number of ketones is 2. The minimum Gasteiger partial charge on any atom is -0.493 e. The zero-order valence-corrected chi connectivity index (χ0v) is 24.5. The van der Waals surface area contributed by atoms with Crippen molar-refractivity contribution >= 4 is 11.6 Å². The maximum atomic E-state index is 14.2. The third-order valence-electron chi connectivity index (χ3n) is 8.33. The molecule has 3 aliphatic rings. The molecule has 6 heteroatoms. The molecule has 5 nitrogen and oxygen atoms in total. The van der Waals surface area contributed by atoms with Crippen molar-refractivity contribution in [2.45, 2.75) is 79.2 Å². The second-order valence-corrected chi connectivity index (χ2v) is 13.0. The standard InChI is InChI=1S/C34H40FNO4/c1-7-14-36-24-16-33(2,3)18-26(37)31(24)30(32-25(36)17-34(4,5)19-27(32)38)21-12-13-28(29(15-21)39-6)40-20-22-10-8-9-11-23(22)35/h8-13,15,30H,7,14,16-20H2,1-6H3. The summed E-state index contributed by atoms with van der Waals surface area (Å²) in [5.41, 5.74) is 4.62. The number of ether oxygens (including phenoxy) is 2. The van der Waals surface area contributed by atoms with Gasteiger partial charge in [0, 0.05) is 53.4 Å². The van der Waals surface area contributed by atoms with Gasteiger partial charge in [0.2, 0.25) is 0 Å². The van der Waals surface area contributed by atoms with Crippen LogP contribution in [0.1, 0.15) is 83.8 Å². The molecule has 1 aliphatic heterocycles. The molecular weight excluding hydrogens is 505 g/mol. The number of hydrogen-bond donors (Lipinski definition) is 0. The van der Waals surface area contributed by atoms with E-state index in [0.717, 1.165) is 53.9 Å². The number of carbonyl (C=O) groups is 2. The van der Waals surface area contributed by atoms with Gasteiger partial charge < -0.3 is 14.4 Å². The van der Waals surface area contributed by atoms with Gasteiger partial charge in [0.05, 0.1) is 7.11 Å². The number of methoxy groups -OCH3 is 1. The molecule has 0 atom stereocenters. The normalized spacial score (nSPS) is 20.4. The van der Waals surface area contributed by atoms with Gasteiger partial charge >= 0.3 is 0 Å². The molecule has 0 saturated heterocycles. The monoisotopic (exact) mass is 545 g/mol. The molecule has 0 aromatic heterocycles. The van der Waals surface area contributed by atoms with Gasteiger partial charge in [0.1, 0.15) is 12.4 Å². The SMILES string of the molecule is CCCN1C2=C(C(=O)CC(C)(C)C2)C(c2ccc(OCc3ccccc3F)c(OC)c2)C2=C1CC(C)(C)CC2=O. The number of benzene rings is 2. The van der Waals surface area contributed by atoms with Crippen LogP contribution in [0.2, 0.25) is 0 Å². The molecule has 2 aromatic carbocycles. The summed E-state index contributed by atoms with van der Waals surface area (Å²) in [5, 5.41) is 0. The molecule has 0 amide bonds. The van der Waals surface area contributed by atoms with Crippen molar-refractivity contribution in [3.63, 3.8) is 0 Å². The Morgan fingerprint density at radius 3 is 2.02 bits per heavy atom. The Kier molecular flexibility index (Phi) is 7.41. The Labute approximate surface area is 237 Å². The highest BCUT2D eigenvalue weighted by Crippen LogP contribution is 2.55. The first-order chi connectivity index (χ1) is 18.9. The van der Waals surface area contributed by atoms with Crippen LogP contribution in [-0.4, -0.2) is 30.1 Å². The van der Waals surface area contributed by atoms with E-state index in [1.165, 1.54) is 6.07 Å². The molecule has 0 unspecified atom stereocenters. The molecule has 212 valence electrons. The molecule has 1 heterocycles. The number of hydrogen-bond acceptors (Lipinski definition) is 5. The van der Waals surface area contributed by atoms with Crippen molar-refractivity contribution in [2.24, 2.45) is 10.8 Å². The summed E-state index contributed by atoms with van der Waals surface area (Å²) in [6.45, 7) is 11.6. The highest BCUT2D eigenvalue weighted by molar-refractivity contribution is 6.06. The number of allylic oxidation sites excluding steroid dienone is 4. The summed E-state index contributed by atoms with van der Waals surface area (Å²) in [4.78, 5) is 30.1. The molecule has 0 bridgehead atoms. The lowest BCUT2D eigenvalue weighted by atomic mass is 9.63. The van der Waals surface area contributed by atoms with Crippen LogP contribution in [0.25, 0.3) is 0 Å². The lowest BCUT2D eigenvalue weighted by Gasteiger charge is -2.49. The predicted molar refractivity (Wildman–Crippen MR) is 154 cm³/mol. The summed E-state index contributed by atoms with van der Waals surface area (Å²) in [6, 6.07) is 12.1. The molecular formula is C34H40FNO4. The van der Waals surface area contributed by atoms with Crippen molar-refractivity contribution in [3.05, 3.63) is 81.9 Å². The molecule has 5 rings (SSSR count). The number of Topliss-reactive ketones (excluding diaryl/α,β-unsaturated/α-hetero) is 2. The number of rotatable bonds is 7. The minimum absolute atomic E-state index is 0.0591. The maximum Gasteiger partial charge on any atom is 0.162 e. The fourth-order valence-corrected chi connectivity index (χ4v) is 6.63. The molecule has 0 radical (unpaired) electrons. The van der Waals surface area contributed by atoms with E-state index in [4.69, 9.17) is 9.47 Å². The first-order valence-corrected chi connectivity index (χ1v) is 14.3. The second-order valence-electron chi connectivity index (χ2n) is 13.0. The molecule has 0 saturated carbocycles. The van der Waals surface area contributed by atoms with Crippen LogP contribution in [0, 0.1) is 16.6 Å². The van der Waals surface area contributed by atoms with Crippen LogP contribution in [0.4, 0.5) is 4.39 Å². The highest BCUT2D eigenvalue weighted by Gasteiger charge is 2.48. The smallest absolute Gasteiger partial charge is 0.162 e. The van der Waals surface area contributed by atoms with Crippen LogP contribution in [-0.2, 0) is 16.2 Å². The third-order valence-corrected chi connectivity index (χ3v) is 8.33. The Morgan fingerprint density at radius 1 is 0.875 bits per heavy atom. The van der Waals surface area contributed by atoms with E-state index < -0.39 is 5.92 Å². The summed E-state index contributed by atoms with van der Waals surface area (Å²) in [5.74, 6) is 0.420. The summed E-state index contributed by atoms with van der Waals surface area (Å²) in [6.07, 6.45) is 3.40. The summed E-state index contributed by atoms with van der Waals surface area (Å²) in [7, 11) is 1.57. The van der Waals surface area contributed by atoms with Crippen molar-refractivity contribution in [3.8, 4) is 11.5 Å². The van der Waals surface area contributed by atoms with Gasteiger partial charge in [0.15, 0.2) is 23.1 Å². The van der Waals surface area contributed by atoms with Gasteiger partial charge in [-0.3, -0.25) is 9.59 Å². The van der Waals surface area contributed by atoms with E-state index in [0.29, 0.717) is 29.9 Å². The lowest BCUT2D eigenvalue weighted by molar-refractivity contribution is -0.119. The van der Waals surface area contributed by atoms with Crippen LogP contribution < -0.4 is 9.47 Å². The maximum absolute atomic E-state index is 14.2. The van der Waals surface area contributed by atoms with Gasteiger partial charge in [-0.1, -0.05) is 58.9 Å². The zero-order chi connectivity index (χ0) is 28.8. The minimum atomic E-state index is -0.445. The third kappa shape index (κ3) is 5.21. The molecule has 0 N–H and O–H groups in total. The van der Waals surface area contributed by atoms with E-state index >= 15 is 0 Å². The molecule has 2 aromatic rings. The van der Waals surface area contributed by atoms with Crippen molar-refractivity contribution in [1.82, 2.24) is 4.90 Å². The average molecular weight is 546 g/mol. The Bertz CT molecular complexity index is 1360. The first kappa shape index (κ1) is 28.1. The number of carbonyl (C=O) groups excluding carboxylic acids is 2. The van der Waals surface area contributed by atoms with Crippen LogP contribution in [0.5, 0.6) is 11.5 Å². The molecule has 0 spiro atoms. The van der Waals surface area contributed by atoms with Gasteiger partial charge in [-0.15, -0.1) is 0 Å². The molecule has 2 aliphatic carbocycles. The lowest BCUT2D eigenvalue weighted by Crippen LogP contribution is -2.44. The van der Waals surface area contributed by atoms with Crippen LogP contribution in [0.15, 0.2) is 65.0 Å². The first-order valence-electron chi connectivity index (χ1n) is 14.3. The molecule has 0 fully saturated rings. The van der Waals surface area contributed by atoms with Crippen LogP contribution in [0.3, 0.4) is 0 Å². The van der Waals surface area contributed by atoms with Gasteiger partial charge in [-0.2, -0.15) is 0 Å². The second kappa shape index (κ2) is 10.5. The van der Waals surface area contributed by atoms with E-state index in [1.54, 1.807) is 25.3 Å². The Hall–Kier alpha value is -3.41. The topological polar surface area (TPSA) is 55.8 Å². The van der Waals surface area contributed by atoms with E-state index in [9.17, 15) is 14.0 Å². The highest BCUT2D eigenvalue weighted by atomic mass is 19.1. The van der Waals surface area contributed by atoms with E-state index in [-0.39, 0.29) is 34.8 Å². The van der Waals surface area contributed by atoms with Crippen molar-refractivity contribution in [2.75, 3.05) is 13.7 Å². The quantitative estimate of drug-likeness (QED) is 0.360. The van der Waals surface area contributed by atoms with Gasteiger partial charge in [-0.05, 0) is 53.9 Å². The Balaban J connectivity index is 1.62.